The van der Waals surface area contributed by atoms with Gasteiger partial charge >= 0.3 is 24.0 Å². The van der Waals surface area contributed by atoms with Gasteiger partial charge in [-0.05, 0) is 62.2 Å². The van der Waals surface area contributed by atoms with Crippen molar-refractivity contribution in [1.82, 2.24) is 14.9 Å². The molecule has 1 N–H and O–H groups in total. The van der Waals surface area contributed by atoms with Crippen molar-refractivity contribution in [3.05, 3.63) is 51.3 Å². The lowest BCUT2D eigenvalue weighted by atomic mass is 9.85. The molecule has 1 aromatic carbocycles. The normalized spacial score (nSPS) is 17.0. The number of hydrogen-bond donors (Lipinski definition) is 1. The predicted octanol–water partition coefficient (Wildman–Crippen LogP) is 4.02. The topological polar surface area (TPSA) is 152 Å². The van der Waals surface area contributed by atoms with Crippen LogP contribution in [0.3, 0.4) is 0 Å². The summed E-state index contributed by atoms with van der Waals surface area (Å²) in [4.78, 5) is 69.3. The molecule has 0 radical (unpaired) electrons. The molecule has 2 aliphatic rings. The van der Waals surface area contributed by atoms with Crippen LogP contribution in [0.2, 0.25) is 19.1 Å². The summed E-state index contributed by atoms with van der Waals surface area (Å²) < 4.78 is 23.4. The van der Waals surface area contributed by atoms with Crippen molar-refractivity contribution >= 4 is 48.2 Å². The van der Waals surface area contributed by atoms with Crippen LogP contribution in [0.1, 0.15) is 64.7 Å². The first-order valence-corrected chi connectivity index (χ1v) is 18.5. The van der Waals surface area contributed by atoms with Crippen molar-refractivity contribution in [1.29, 1.82) is 0 Å². The van der Waals surface area contributed by atoms with Crippen LogP contribution in [0.25, 0.3) is 22.3 Å². The van der Waals surface area contributed by atoms with Crippen molar-refractivity contribution < 1.29 is 38.1 Å². The fraction of sp³-hybridized carbons (Fsp3) is 0.455. The minimum Gasteiger partial charge on any atom is -0.457 e. The van der Waals surface area contributed by atoms with E-state index < -0.39 is 49.8 Å². The molecular weight excluding hydrogens is 610 g/mol. The number of carbonyl (C=O) groups is 4. The van der Waals surface area contributed by atoms with Crippen molar-refractivity contribution in [2.75, 3.05) is 6.54 Å². The van der Waals surface area contributed by atoms with E-state index >= 15 is 0 Å². The number of aromatic nitrogens is 2. The van der Waals surface area contributed by atoms with Crippen LogP contribution in [0.15, 0.2) is 29.1 Å². The summed E-state index contributed by atoms with van der Waals surface area (Å²) in [5, 5.41) is 4.32. The largest absolute Gasteiger partial charge is 0.457 e. The fourth-order valence-corrected chi connectivity index (χ4v) is 8.38. The van der Waals surface area contributed by atoms with Gasteiger partial charge < -0.3 is 28.8 Å². The monoisotopic (exact) mass is 649 g/mol. The first kappa shape index (κ1) is 32.9. The molecular formula is C33H39N3O9Si. The Kier molecular flexibility index (Phi) is 8.35. The lowest BCUT2D eigenvalue weighted by molar-refractivity contribution is -0.188. The number of nitrogens with zero attached hydrogens (tertiary/aromatic N) is 2. The summed E-state index contributed by atoms with van der Waals surface area (Å²) in [5.74, 6) is -1.72. The van der Waals surface area contributed by atoms with E-state index in [2.05, 4.69) is 25.3 Å². The summed E-state index contributed by atoms with van der Waals surface area (Å²) in [6, 6.07) is 7.93. The molecule has 1 atom stereocenters. The van der Waals surface area contributed by atoms with Crippen molar-refractivity contribution in [2.45, 2.75) is 91.5 Å². The maximum Gasteiger partial charge on any atom is 0.408 e. The van der Waals surface area contributed by atoms with E-state index in [1.165, 1.54) is 6.92 Å². The molecule has 12 nitrogen and oxygen atoms in total. The summed E-state index contributed by atoms with van der Waals surface area (Å²) >= 11 is 0. The van der Waals surface area contributed by atoms with Gasteiger partial charge in [-0.3, -0.25) is 14.4 Å². The zero-order valence-corrected chi connectivity index (χ0v) is 28.4. The van der Waals surface area contributed by atoms with Gasteiger partial charge in [0.05, 0.1) is 37.1 Å². The van der Waals surface area contributed by atoms with Gasteiger partial charge in [0.25, 0.3) is 5.56 Å². The van der Waals surface area contributed by atoms with E-state index in [0.29, 0.717) is 22.7 Å². The predicted molar refractivity (Wildman–Crippen MR) is 172 cm³/mol. The third-order valence-corrected chi connectivity index (χ3v) is 12.2. The molecule has 0 spiro atoms. The molecule has 0 saturated heterocycles. The van der Waals surface area contributed by atoms with Crippen molar-refractivity contribution in [2.24, 2.45) is 0 Å². The third-order valence-electron chi connectivity index (χ3n) is 8.51. The Morgan fingerprint density at radius 2 is 1.83 bits per heavy atom. The Hall–Kier alpha value is -4.52. The molecule has 0 aliphatic carbocycles. The Bertz CT molecular complexity index is 1860. The van der Waals surface area contributed by atoms with Crippen LogP contribution in [-0.4, -0.2) is 53.8 Å². The summed E-state index contributed by atoms with van der Waals surface area (Å²) in [7, 11) is -2.12. The number of amides is 1. The fourth-order valence-electron chi connectivity index (χ4n) is 6.08. The van der Waals surface area contributed by atoms with E-state index in [0.717, 1.165) is 22.2 Å². The van der Waals surface area contributed by atoms with E-state index in [1.54, 1.807) is 50.5 Å². The number of hydrogen-bond acceptors (Lipinski definition) is 10. The zero-order chi connectivity index (χ0) is 33.8. The molecule has 1 unspecified atom stereocenters. The SMILES string of the molecule is CCC1(OC(=O)CNC(=O)OC(C)(C)C)C(=O)OCc2c1cc1n(c2=O)Cc2c-1nc1ccc(OC(C)=O)cc1c2[Si](C)(C)CC. The second kappa shape index (κ2) is 11.7. The van der Waals surface area contributed by atoms with Crippen LogP contribution in [0, 0.1) is 0 Å². The summed E-state index contributed by atoms with van der Waals surface area (Å²) in [5.41, 5.74) is 0.0845. The van der Waals surface area contributed by atoms with E-state index in [4.69, 9.17) is 23.9 Å². The van der Waals surface area contributed by atoms with E-state index in [9.17, 15) is 24.0 Å². The molecule has 4 heterocycles. The highest BCUT2D eigenvalue weighted by atomic mass is 28.3. The summed E-state index contributed by atoms with van der Waals surface area (Å²) in [6.45, 7) is 14.1. The third kappa shape index (κ3) is 5.79. The highest BCUT2D eigenvalue weighted by Crippen LogP contribution is 2.41. The van der Waals surface area contributed by atoms with Gasteiger partial charge in [0.15, 0.2) is 0 Å². The van der Waals surface area contributed by atoms with Gasteiger partial charge in [-0.15, -0.1) is 0 Å². The van der Waals surface area contributed by atoms with Gasteiger partial charge in [0.1, 0.15) is 24.5 Å². The molecule has 0 bridgehead atoms. The lowest BCUT2D eigenvalue weighted by Crippen LogP contribution is -2.49. The van der Waals surface area contributed by atoms with Gasteiger partial charge in [-0.25, -0.2) is 14.6 Å². The molecule has 46 heavy (non-hydrogen) atoms. The number of nitrogens with one attached hydrogen (secondary N) is 1. The van der Waals surface area contributed by atoms with E-state index in [1.807, 2.05) is 6.07 Å². The number of carbonyl (C=O) groups excluding carboxylic acids is 4. The zero-order valence-electron chi connectivity index (χ0n) is 27.4. The van der Waals surface area contributed by atoms with E-state index in [-0.39, 0.29) is 36.3 Å². The quantitative estimate of drug-likeness (QED) is 0.135. The number of esters is 3. The number of alkyl carbamates (subject to hydrolysis) is 1. The second-order valence-corrected chi connectivity index (χ2v) is 18.2. The molecule has 0 fully saturated rings. The maximum absolute atomic E-state index is 14.1. The number of pyridine rings is 2. The minimum atomic E-state index is -2.12. The molecule has 1 amide bonds. The maximum atomic E-state index is 14.1. The molecule has 13 heteroatoms. The second-order valence-electron chi connectivity index (χ2n) is 13.2. The number of ether oxygens (including phenoxy) is 4. The minimum absolute atomic E-state index is 0.0160. The first-order chi connectivity index (χ1) is 21.5. The lowest BCUT2D eigenvalue weighted by Gasteiger charge is -2.35. The van der Waals surface area contributed by atoms with Gasteiger partial charge in [-0.2, -0.15) is 0 Å². The number of rotatable bonds is 7. The number of fused-ring (bicyclic) bond motifs is 5. The average molecular weight is 650 g/mol. The number of cyclic esters (lactones) is 1. The van der Waals surface area contributed by atoms with Gasteiger partial charge in [0, 0.05) is 17.9 Å². The van der Waals surface area contributed by atoms with Gasteiger partial charge in [-0.1, -0.05) is 33.0 Å². The Labute approximate surface area is 267 Å². The standard InChI is InChI=1S/C33H39N3O9Si/c1-9-33(44-26(38)15-34-31(41)45-32(4,5)6)23-14-25-27-21(16-36(25)29(39)22(23)17-42-30(33)40)28(46(7,8)10-2)20-13-19(43-18(3)37)11-12-24(20)35-27/h11-14H,9-10,15-17H2,1-8H3,(H,34,41). The first-order valence-electron chi connectivity index (χ1n) is 15.3. The van der Waals surface area contributed by atoms with Crippen LogP contribution in [-0.2, 0) is 47.3 Å². The van der Waals surface area contributed by atoms with Crippen LogP contribution >= 0.6 is 0 Å². The Balaban J connectivity index is 1.63. The van der Waals surface area contributed by atoms with Crippen LogP contribution in [0.5, 0.6) is 5.75 Å². The van der Waals surface area contributed by atoms with Crippen LogP contribution < -0.4 is 20.8 Å². The highest BCUT2D eigenvalue weighted by molar-refractivity contribution is 6.91. The van der Waals surface area contributed by atoms with Crippen molar-refractivity contribution in [3.63, 3.8) is 0 Å². The average Bonchev–Trinajstić information content (AvgIpc) is 3.33. The van der Waals surface area contributed by atoms with Crippen molar-refractivity contribution in [3.8, 4) is 17.1 Å². The number of benzene rings is 1. The molecule has 3 aromatic rings. The molecule has 0 saturated carbocycles. The van der Waals surface area contributed by atoms with Gasteiger partial charge in [0.2, 0.25) is 5.60 Å². The Morgan fingerprint density at radius 1 is 1.11 bits per heavy atom. The van der Waals surface area contributed by atoms with Crippen LogP contribution in [0.4, 0.5) is 4.79 Å². The Morgan fingerprint density at radius 3 is 2.46 bits per heavy atom. The molecule has 244 valence electrons. The summed E-state index contributed by atoms with van der Waals surface area (Å²) in [6.07, 6.45) is -0.834. The highest BCUT2D eigenvalue weighted by Gasteiger charge is 2.50. The molecule has 2 aliphatic heterocycles. The smallest absolute Gasteiger partial charge is 0.408 e. The molecule has 2 aromatic heterocycles. The molecule has 5 rings (SSSR count).